The van der Waals surface area contributed by atoms with Gasteiger partial charge in [-0.2, -0.15) is 4.98 Å². The normalized spacial score (nSPS) is 28.0. The summed E-state index contributed by atoms with van der Waals surface area (Å²) in [6.45, 7) is -0.211. The van der Waals surface area contributed by atoms with Gasteiger partial charge >= 0.3 is 5.65 Å². The molecule has 0 unspecified atom stereocenters. The minimum Gasteiger partial charge on any atom is -0.394 e. The molecule has 96 valence electrons. The summed E-state index contributed by atoms with van der Waals surface area (Å²) in [5.74, 6) is 0.357. The Labute approximate surface area is 102 Å². The van der Waals surface area contributed by atoms with Crippen LogP contribution in [0.25, 0.3) is 11.2 Å². The SMILES string of the molecule is Nc1ncnc2c1[nH]c[n+]2[C@H]1C[C@H](O)[C@@H](CO)O1. The highest BCUT2D eigenvalue weighted by Gasteiger charge is 2.37. The lowest BCUT2D eigenvalue weighted by Gasteiger charge is -2.09. The Bertz CT molecular complexity index is 572. The third-order valence-electron chi connectivity index (χ3n) is 3.14. The number of ether oxygens (including phenoxy) is 1. The van der Waals surface area contributed by atoms with E-state index in [1.165, 1.54) is 6.33 Å². The number of nitrogens with one attached hydrogen (secondary N) is 1. The van der Waals surface area contributed by atoms with Crippen LogP contribution in [0.2, 0.25) is 0 Å². The third kappa shape index (κ3) is 1.62. The first-order valence-corrected chi connectivity index (χ1v) is 5.63. The van der Waals surface area contributed by atoms with Crippen LogP contribution >= 0.6 is 0 Å². The highest BCUT2D eigenvalue weighted by Crippen LogP contribution is 2.25. The summed E-state index contributed by atoms with van der Waals surface area (Å²) in [5, 5.41) is 18.8. The number of nitrogens with two attached hydrogens (primary N) is 1. The van der Waals surface area contributed by atoms with Crippen molar-refractivity contribution in [2.45, 2.75) is 24.9 Å². The van der Waals surface area contributed by atoms with E-state index in [9.17, 15) is 5.11 Å². The van der Waals surface area contributed by atoms with Crippen LogP contribution in [0.5, 0.6) is 0 Å². The van der Waals surface area contributed by atoms with Crippen molar-refractivity contribution < 1.29 is 19.5 Å². The van der Waals surface area contributed by atoms with Crippen molar-refractivity contribution in [3.8, 4) is 0 Å². The highest BCUT2D eigenvalue weighted by atomic mass is 16.5. The zero-order valence-electron chi connectivity index (χ0n) is 9.52. The van der Waals surface area contributed by atoms with Gasteiger partial charge in [0.05, 0.1) is 12.7 Å². The van der Waals surface area contributed by atoms with E-state index in [0.29, 0.717) is 23.4 Å². The molecule has 0 spiro atoms. The van der Waals surface area contributed by atoms with Crippen LogP contribution in [0, 0.1) is 0 Å². The van der Waals surface area contributed by atoms with Gasteiger partial charge in [-0.1, -0.05) is 4.98 Å². The molecule has 0 radical (unpaired) electrons. The number of imidazole rings is 1. The van der Waals surface area contributed by atoms with Crippen molar-refractivity contribution >= 4 is 17.0 Å². The third-order valence-corrected chi connectivity index (χ3v) is 3.14. The smallest absolute Gasteiger partial charge is 0.309 e. The van der Waals surface area contributed by atoms with Crippen LogP contribution in [-0.2, 0) is 4.74 Å². The molecular weight excluding hydrogens is 238 g/mol. The fourth-order valence-electron chi connectivity index (χ4n) is 2.19. The van der Waals surface area contributed by atoms with Gasteiger partial charge in [0, 0.05) is 6.42 Å². The van der Waals surface area contributed by atoms with Gasteiger partial charge in [-0.05, 0) is 0 Å². The van der Waals surface area contributed by atoms with Crippen molar-refractivity contribution in [3.63, 3.8) is 0 Å². The fraction of sp³-hybridized carbons (Fsp3) is 0.500. The number of aliphatic hydroxyl groups excluding tert-OH is 2. The lowest BCUT2D eigenvalue weighted by Crippen LogP contribution is -2.39. The summed E-state index contributed by atoms with van der Waals surface area (Å²) in [4.78, 5) is 11.0. The average molecular weight is 252 g/mol. The number of rotatable bonds is 2. The summed E-state index contributed by atoms with van der Waals surface area (Å²) in [5.41, 5.74) is 6.96. The molecule has 5 N–H and O–H groups in total. The zero-order chi connectivity index (χ0) is 12.7. The van der Waals surface area contributed by atoms with Gasteiger partial charge in [-0.25, -0.2) is 4.57 Å². The molecule has 3 heterocycles. The molecule has 2 aromatic heterocycles. The van der Waals surface area contributed by atoms with Crippen molar-refractivity contribution in [1.29, 1.82) is 0 Å². The molecule has 0 amide bonds. The van der Waals surface area contributed by atoms with Crippen molar-refractivity contribution in [2.75, 3.05) is 12.3 Å². The predicted molar refractivity (Wildman–Crippen MR) is 60.1 cm³/mol. The molecule has 1 saturated heterocycles. The summed E-state index contributed by atoms with van der Waals surface area (Å²) in [6.07, 6.45) is 1.82. The first kappa shape index (κ1) is 11.3. The van der Waals surface area contributed by atoms with E-state index in [0.717, 1.165) is 0 Å². The summed E-state index contributed by atoms with van der Waals surface area (Å²) >= 11 is 0. The quantitative estimate of drug-likeness (QED) is 0.481. The van der Waals surface area contributed by atoms with Gasteiger partial charge in [0.15, 0.2) is 24.7 Å². The predicted octanol–water partition coefficient (Wildman–Crippen LogP) is -1.53. The Morgan fingerprint density at radius 2 is 2.39 bits per heavy atom. The van der Waals surface area contributed by atoms with Crippen LogP contribution in [0.1, 0.15) is 12.6 Å². The second kappa shape index (κ2) is 4.16. The van der Waals surface area contributed by atoms with E-state index in [1.807, 2.05) is 0 Å². The Hall–Kier alpha value is -1.77. The van der Waals surface area contributed by atoms with Crippen LogP contribution in [0.4, 0.5) is 5.82 Å². The van der Waals surface area contributed by atoms with Gasteiger partial charge in [0.25, 0.3) is 0 Å². The first-order chi connectivity index (χ1) is 8.70. The largest absolute Gasteiger partial charge is 0.394 e. The maximum Gasteiger partial charge on any atom is 0.309 e. The van der Waals surface area contributed by atoms with E-state index in [2.05, 4.69) is 15.0 Å². The van der Waals surface area contributed by atoms with Gasteiger partial charge in [0.2, 0.25) is 5.52 Å². The average Bonchev–Trinajstić information content (AvgIpc) is 2.93. The first-order valence-electron chi connectivity index (χ1n) is 5.63. The molecule has 1 aliphatic rings. The van der Waals surface area contributed by atoms with E-state index in [4.69, 9.17) is 15.6 Å². The lowest BCUT2D eigenvalue weighted by atomic mass is 10.2. The Balaban J connectivity index is 1.99. The number of aliphatic hydroxyl groups is 2. The number of aromatic amines is 1. The Morgan fingerprint density at radius 1 is 1.56 bits per heavy atom. The van der Waals surface area contributed by atoms with Crippen molar-refractivity contribution in [3.05, 3.63) is 12.7 Å². The number of nitrogens with zero attached hydrogens (tertiary/aromatic N) is 3. The molecule has 1 fully saturated rings. The van der Waals surface area contributed by atoms with Gasteiger partial charge in [0.1, 0.15) is 6.10 Å². The minimum absolute atomic E-state index is 0.211. The molecule has 8 nitrogen and oxygen atoms in total. The molecular formula is C10H14N5O3+. The molecule has 1 aliphatic heterocycles. The molecule has 0 saturated carbocycles. The Morgan fingerprint density at radius 3 is 3.11 bits per heavy atom. The standard InChI is InChI=1S/C10H13N5O3/c11-9-8-10(13-3-12-9)15(4-14-8)7-1-5(17)6(2-16)18-7/h3-7,16-17H,1-2H2,(H2,11,12,13)/p+1/t5-,6+,7+/m0/s1. The molecule has 18 heavy (non-hydrogen) atoms. The monoisotopic (exact) mass is 252 g/mol. The van der Waals surface area contributed by atoms with Crippen molar-refractivity contribution in [1.82, 2.24) is 15.0 Å². The molecule has 0 aliphatic carbocycles. The molecule has 8 heteroatoms. The van der Waals surface area contributed by atoms with Crippen LogP contribution in [0.3, 0.4) is 0 Å². The number of hydrogen-bond donors (Lipinski definition) is 4. The second-order valence-electron chi connectivity index (χ2n) is 4.25. The number of hydrogen-bond acceptors (Lipinski definition) is 6. The van der Waals surface area contributed by atoms with Crippen LogP contribution < -0.4 is 10.3 Å². The maximum atomic E-state index is 9.72. The molecule has 2 aromatic rings. The van der Waals surface area contributed by atoms with Gasteiger partial charge in [-0.3, -0.25) is 4.98 Å². The van der Waals surface area contributed by atoms with Crippen LogP contribution in [-0.4, -0.2) is 44.0 Å². The highest BCUT2D eigenvalue weighted by molar-refractivity contribution is 5.77. The summed E-state index contributed by atoms with van der Waals surface area (Å²) in [6, 6.07) is 0. The number of nitrogen functional groups attached to an aromatic ring is 1. The molecule has 3 atom stereocenters. The number of aromatic nitrogens is 4. The number of fused-ring (bicyclic) bond motifs is 1. The van der Waals surface area contributed by atoms with Crippen LogP contribution in [0.15, 0.2) is 12.7 Å². The van der Waals surface area contributed by atoms with E-state index in [1.54, 1.807) is 10.9 Å². The fourth-order valence-corrected chi connectivity index (χ4v) is 2.19. The Kier molecular flexibility index (Phi) is 2.62. The summed E-state index contributed by atoms with van der Waals surface area (Å²) < 4.78 is 7.30. The maximum absolute atomic E-state index is 9.72. The molecule has 0 bridgehead atoms. The molecule has 0 aromatic carbocycles. The zero-order valence-corrected chi connectivity index (χ0v) is 9.52. The number of H-pyrrole nitrogens is 1. The second-order valence-corrected chi connectivity index (χ2v) is 4.25. The number of anilines is 1. The molecule has 3 rings (SSSR count). The van der Waals surface area contributed by atoms with Gasteiger partial charge in [-0.15, -0.1) is 0 Å². The minimum atomic E-state index is -0.684. The summed E-state index contributed by atoms with van der Waals surface area (Å²) in [7, 11) is 0. The van der Waals surface area contributed by atoms with E-state index >= 15 is 0 Å². The topological polar surface area (TPSA) is 121 Å². The lowest BCUT2D eigenvalue weighted by molar-refractivity contribution is -0.738. The van der Waals surface area contributed by atoms with E-state index < -0.39 is 12.2 Å². The van der Waals surface area contributed by atoms with E-state index in [-0.39, 0.29) is 12.8 Å². The van der Waals surface area contributed by atoms with Crippen molar-refractivity contribution in [2.24, 2.45) is 0 Å². The van der Waals surface area contributed by atoms with Gasteiger partial charge < -0.3 is 20.7 Å².